The second-order valence-electron chi connectivity index (χ2n) is 3.25. The summed E-state index contributed by atoms with van der Waals surface area (Å²) in [6, 6.07) is 7.98. The fourth-order valence-electron chi connectivity index (χ4n) is 1.31. The summed E-state index contributed by atoms with van der Waals surface area (Å²) in [6.07, 6.45) is 3.10. The Bertz CT molecular complexity index is 551. The lowest BCUT2D eigenvalue weighted by molar-refractivity contribution is 0.626. The van der Waals surface area contributed by atoms with Gasteiger partial charge < -0.3 is 0 Å². The molecule has 0 radical (unpaired) electrons. The third kappa shape index (κ3) is 3.02. The molecule has 3 nitrogen and oxygen atoms in total. The number of rotatable bonds is 3. The number of halogens is 1. The molecule has 5 heteroatoms. The maximum atomic E-state index is 13.1. The van der Waals surface area contributed by atoms with Crippen LogP contribution in [0.15, 0.2) is 41.8 Å². The topological polar surface area (TPSA) is 49.6 Å². The first-order valence-electron chi connectivity index (χ1n) is 4.87. The number of nitriles is 1. The molecule has 0 N–H and O–H groups in total. The SMILES string of the molecule is N#Cc1ccc(F)cc1CSc1ccncn1. The lowest BCUT2D eigenvalue weighted by atomic mass is 10.1. The summed E-state index contributed by atoms with van der Waals surface area (Å²) in [4.78, 5) is 7.86. The molecule has 2 aromatic rings. The average molecular weight is 245 g/mol. The van der Waals surface area contributed by atoms with Gasteiger partial charge in [0.15, 0.2) is 0 Å². The third-order valence-corrected chi connectivity index (χ3v) is 3.11. The van der Waals surface area contributed by atoms with Crippen LogP contribution >= 0.6 is 11.8 Å². The van der Waals surface area contributed by atoms with Gasteiger partial charge in [0.05, 0.1) is 16.7 Å². The number of thioether (sulfide) groups is 1. The zero-order valence-electron chi connectivity index (χ0n) is 8.80. The molecule has 0 saturated heterocycles. The van der Waals surface area contributed by atoms with Gasteiger partial charge in [0.2, 0.25) is 0 Å². The van der Waals surface area contributed by atoms with E-state index in [1.165, 1.54) is 36.3 Å². The first-order chi connectivity index (χ1) is 8.29. The van der Waals surface area contributed by atoms with Gasteiger partial charge in [0.1, 0.15) is 12.1 Å². The Labute approximate surface area is 102 Å². The van der Waals surface area contributed by atoms with E-state index in [4.69, 9.17) is 5.26 Å². The lowest BCUT2D eigenvalue weighted by Gasteiger charge is -2.03. The molecule has 17 heavy (non-hydrogen) atoms. The summed E-state index contributed by atoms with van der Waals surface area (Å²) in [7, 11) is 0. The molecule has 0 aliphatic carbocycles. The van der Waals surface area contributed by atoms with Crippen LogP contribution < -0.4 is 0 Å². The van der Waals surface area contributed by atoms with Gasteiger partial charge in [0.25, 0.3) is 0 Å². The van der Waals surface area contributed by atoms with Gasteiger partial charge in [-0.15, -0.1) is 11.8 Å². The van der Waals surface area contributed by atoms with Crippen LogP contribution in [-0.4, -0.2) is 9.97 Å². The van der Waals surface area contributed by atoms with Gasteiger partial charge in [-0.25, -0.2) is 14.4 Å². The van der Waals surface area contributed by atoms with Crippen LogP contribution in [0.4, 0.5) is 4.39 Å². The van der Waals surface area contributed by atoms with Crippen LogP contribution in [0, 0.1) is 17.1 Å². The maximum Gasteiger partial charge on any atom is 0.123 e. The highest BCUT2D eigenvalue weighted by molar-refractivity contribution is 7.98. The number of nitrogens with zero attached hydrogens (tertiary/aromatic N) is 3. The van der Waals surface area contributed by atoms with Gasteiger partial charge in [0, 0.05) is 11.9 Å². The molecule has 0 aliphatic rings. The first kappa shape index (κ1) is 11.6. The standard InChI is InChI=1S/C12H8FN3S/c13-11-2-1-9(6-14)10(5-11)7-17-12-3-4-15-8-16-12/h1-5,8H,7H2. The minimum absolute atomic E-state index is 0.331. The Morgan fingerprint density at radius 2 is 2.24 bits per heavy atom. The monoisotopic (exact) mass is 245 g/mol. The summed E-state index contributed by atoms with van der Waals surface area (Å²) in [5, 5.41) is 9.70. The van der Waals surface area contributed by atoms with Crippen molar-refractivity contribution < 1.29 is 4.39 Å². The minimum Gasteiger partial charge on any atom is -0.245 e. The molecule has 0 fully saturated rings. The second kappa shape index (κ2) is 5.41. The highest BCUT2D eigenvalue weighted by Crippen LogP contribution is 2.22. The molecular weight excluding hydrogens is 237 g/mol. The Balaban J connectivity index is 2.14. The molecule has 0 saturated carbocycles. The van der Waals surface area contributed by atoms with Crippen LogP contribution in [-0.2, 0) is 5.75 Å². The van der Waals surface area contributed by atoms with Crippen LogP contribution in [0.3, 0.4) is 0 Å². The van der Waals surface area contributed by atoms with Crippen molar-refractivity contribution in [2.24, 2.45) is 0 Å². The van der Waals surface area contributed by atoms with Crippen molar-refractivity contribution >= 4 is 11.8 Å². The second-order valence-corrected chi connectivity index (χ2v) is 4.25. The Hall–Kier alpha value is -1.93. The van der Waals surface area contributed by atoms with E-state index in [2.05, 4.69) is 9.97 Å². The molecule has 0 aliphatic heterocycles. The number of hydrogen-bond acceptors (Lipinski definition) is 4. The van der Waals surface area contributed by atoms with E-state index < -0.39 is 0 Å². The summed E-state index contributed by atoms with van der Waals surface area (Å²) in [6.45, 7) is 0. The molecule has 2 rings (SSSR count). The normalized spacial score (nSPS) is 9.88. The number of benzene rings is 1. The Morgan fingerprint density at radius 3 is 2.94 bits per heavy atom. The van der Waals surface area contributed by atoms with Crippen molar-refractivity contribution in [3.8, 4) is 6.07 Å². The maximum absolute atomic E-state index is 13.1. The fourth-order valence-corrected chi connectivity index (χ4v) is 2.13. The highest BCUT2D eigenvalue weighted by atomic mass is 32.2. The van der Waals surface area contributed by atoms with E-state index in [9.17, 15) is 4.39 Å². The van der Waals surface area contributed by atoms with E-state index in [1.54, 1.807) is 12.3 Å². The van der Waals surface area contributed by atoms with Crippen molar-refractivity contribution in [2.45, 2.75) is 10.8 Å². The van der Waals surface area contributed by atoms with Crippen molar-refractivity contribution in [3.63, 3.8) is 0 Å². The summed E-state index contributed by atoms with van der Waals surface area (Å²) >= 11 is 1.44. The number of hydrogen-bond donors (Lipinski definition) is 0. The lowest BCUT2D eigenvalue weighted by Crippen LogP contribution is -1.90. The molecule has 1 aromatic heterocycles. The van der Waals surface area contributed by atoms with E-state index in [-0.39, 0.29) is 5.82 Å². The molecule has 0 amide bonds. The van der Waals surface area contributed by atoms with Gasteiger partial charge in [-0.05, 0) is 29.8 Å². The quantitative estimate of drug-likeness (QED) is 0.616. The van der Waals surface area contributed by atoms with Gasteiger partial charge in [-0.1, -0.05) is 0 Å². The van der Waals surface area contributed by atoms with E-state index in [0.29, 0.717) is 16.9 Å². The zero-order chi connectivity index (χ0) is 12.1. The van der Waals surface area contributed by atoms with Crippen LogP contribution in [0.5, 0.6) is 0 Å². The highest BCUT2D eigenvalue weighted by Gasteiger charge is 2.05. The molecule has 0 unspecified atom stereocenters. The van der Waals surface area contributed by atoms with Crippen LogP contribution in [0.25, 0.3) is 0 Å². The molecule has 0 bridgehead atoms. The summed E-state index contributed by atoms with van der Waals surface area (Å²) < 4.78 is 13.1. The largest absolute Gasteiger partial charge is 0.245 e. The van der Waals surface area contributed by atoms with Crippen LogP contribution in [0.1, 0.15) is 11.1 Å². The molecule has 0 spiro atoms. The van der Waals surface area contributed by atoms with Crippen molar-refractivity contribution in [1.82, 2.24) is 9.97 Å². The first-order valence-corrected chi connectivity index (χ1v) is 5.85. The molecule has 0 atom stereocenters. The summed E-state index contributed by atoms with van der Waals surface area (Å²) in [5.74, 6) is 0.180. The van der Waals surface area contributed by atoms with E-state index in [1.807, 2.05) is 6.07 Å². The molecule has 1 heterocycles. The van der Waals surface area contributed by atoms with Gasteiger partial charge in [-0.2, -0.15) is 5.26 Å². The van der Waals surface area contributed by atoms with Crippen LogP contribution in [0.2, 0.25) is 0 Å². The summed E-state index contributed by atoms with van der Waals surface area (Å²) in [5.41, 5.74) is 1.17. The molecule has 1 aromatic carbocycles. The predicted molar refractivity (Wildman–Crippen MR) is 62.7 cm³/mol. The molecule has 84 valence electrons. The minimum atomic E-state index is -0.331. The van der Waals surface area contributed by atoms with E-state index in [0.717, 1.165) is 5.03 Å². The fraction of sp³-hybridized carbons (Fsp3) is 0.0833. The van der Waals surface area contributed by atoms with E-state index >= 15 is 0 Å². The molecular formula is C12H8FN3S. The van der Waals surface area contributed by atoms with Crippen molar-refractivity contribution in [3.05, 3.63) is 53.7 Å². The predicted octanol–water partition coefficient (Wildman–Crippen LogP) is 2.78. The number of aromatic nitrogens is 2. The van der Waals surface area contributed by atoms with Crippen molar-refractivity contribution in [2.75, 3.05) is 0 Å². The van der Waals surface area contributed by atoms with Gasteiger partial charge in [-0.3, -0.25) is 0 Å². The average Bonchev–Trinajstić information content (AvgIpc) is 2.38. The Morgan fingerprint density at radius 1 is 1.35 bits per heavy atom. The Kier molecular flexibility index (Phi) is 3.68. The van der Waals surface area contributed by atoms with Crippen molar-refractivity contribution in [1.29, 1.82) is 5.26 Å². The third-order valence-electron chi connectivity index (χ3n) is 2.12. The van der Waals surface area contributed by atoms with Gasteiger partial charge >= 0.3 is 0 Å². The smallest absolute Gasteiger partial charge is 0.123 e. The zero-order valence-corrected chi connectivity index (χ0v) is 9.62.